The van der Waals surface area contributed by atoms with Crippen LogP contribution in [-0.2, 0) is 19.1 Å². The van der Waals surface area contributed by atoms with E-state index in [0.29, 0.717) is 45.6 Å². The summed E-state index contributed by atoms with van der Waals surface area (Å²) in [6.07, 6.45) is 3.67. The molecule has 1 aliphatic carbocycles. The third kappa shape index (κ3) is 6.92. The standard InChI is InChI=1S/C25H42N6O6/c1-5-6-12-30-21(32)19(20(26)27)22(33)31(24(30)35)17-9-7-16(8-10-17)29(18-14-36-15-18)13-11-28-23(34)37-25(2,3)4/h16-18H,5-15,26-27H2,1-4H3,(H,28,34). The van der Waals surface area contributed by atoms with Gasteiger partial charge in [0.05, 0.1) is 19.3 Å². The molecule has 208 valence electrons. The Morgan fingerprint density at radius 2 is 1.73 bits per heavy atom. The largest absolute Gasteiger partial charge is 0.444 e. The average molecular weight is 523 g/mol. The van der Waals surface area contributed by atoms with Crippen molar-refractivity contribution in [3.63, 3.8) is 0 Å². The number of urea groups is 1. The number of hydrogen-bond donors (Lipinski definition) is 3. The van der Waals surface area contributed by atoms with Crippen LogP contribution in [0.4, 0.5) is 9.59 Å². The zero-order chi connectivity index (χ0) is 27.3. The Morgan fingerprint density at radius 1 is 1.08 bits per heavy atom. The molecule has 0 aromatic carbocycles. The molecule has 5 N–H and O–H groups in total. The fourth-order valence-corrected chi connectivity index (χ4v) is 5.06. The number of imide groups is 2. The Hall–Kier alpha value is -2.86. The van der Waals surface area contributed by atoms with E-state index in [1.165, 1.54) is 4.90 Å². The Bertz CT molecular complexity index is 900. The number of rotatable bonds is 9. The Morgan fingerprint density at radius 3 is 2.24 bits per heavy atom. The van der Waals surface area contributed by atoms with Crippen molar-refractivity contribution >= 4 is 23.9 Å². The molecule has 12 nitrogen and oxygen atoms in total. The number of carbonyl (C=O) groups is 4. The summed E-state index contributed by atoms with van der Waals surface area (Å²) in [6.45, 7) is 9.97. The summed E-state index contributed by atoms with van der Waals surface area (Å²) in [7, 11) is 0. The summed E-state index contributed by atoms with van der Waals surface area (Å²) in [5.41, 5.74) is 10.5. The van der Waals surface area contributed by atoms with Crippen LogP contribution in [0.2, 0.25) is 0 Å². The molecule has 0 aromatic heterocycles. The van der Waals surface area contributed by atoms with Gasteiger partial charge in [-0.05, 0) is 52.9 Å². The fraction of sp³-hybridized carbons (Fsp3) is 0.760. The van der Waals surface area contributed by atoms with E-state index in [1.807, 2.05) is 27.7 Å². The number of nitrogens with two attached hydrogens (primary N) is 2. The molecule has 0 spiro atoms. The van der Waals surface area contributed by atoms with Crippen LogP contribution in [0.5, 0.6) is 0 Å². The fourth-order valence-electron chi connectivity index (χ4n) is 5.06. The summed E-state index contributed by atoms with van der Waals surface area (Å²) < 4.78 is 10.7. The third-order valence-corrected chi connectivity index (χ3v) is 6.98. The maximum absolute atomic E-state index is 13.2. The van der Waals surface area contributed by atoms with Crippen molar-refractivity contribution in [2.45, 2.75) is 89.9 Å². The van der Waals surface area contributed by atoms with Gasteiger partial charge in [0.2, 0.25) is 0 Å². The van der Waals surface area contributed by atoms with E-state index in [1.54, 1.807) is 0 Å². The molecule has 1 saturated carbocycles. The predicted octanol–water partition coefficient (Wildman–Crippen LogP) is 1.24. The SMILES string of the molecule is CCCCN1C(=O)C(=C(N)N)C(=O)N(C2CCC(N(CCNC(=O)OC(C)(C)C)C3COC3)CC2)C1=O. The molecular formula is C25H42N6O6. The Kier molecular flexibility index (Phi) is 9.41. The molecule has 2 heterocycles. The van der Waals surface area contributed by atoms with Crippen molar-refractivity contribution in [1.29, 1.82) is 0 Å². The highest BCUT2D eigenvalue weighted by atomic mass is 16.6. The van der Waals surface area contributed by atoms with Crippen LogP contribution >= 0.6 is 0 Å². The van der Waals surface area contributed by atoms with E-state index in [2.05, 4.69) is 10.2 Å². The van der Waals surface area contributed by atoms with Crippen molar-refractivity contribution in [2.24, 2.45) is 11.5 Å². The Balaban J connectivity index is 1.64. The highest BCUT2D eigenvalue weighted by Crippen LogP contribution is 2.32. The van der Waals surface area contributed by atoms with Gasteiger partial charge in [-0.2, -0.15) is 0 Å². The number of ether oxygens (including phenoxy) is 2. The zero-order valence-corrected chi connectivity index (χ0v) is 22.5. The number of unbranched alkanes of at least 4 members (excludes halogenated alkanes) is 1. The van der Waals surface area contributed by atoms with Gasteiger partial charge in [0.1, 0.15) is 17.0 Å². The first-order valence-corrected chi connectivity index (χ1v) is 13.2. The molecular weight excluding hydrogens is 480 g/mol. The van der Waals surface area contributed by atoms with Gasteiger partial charge in [-0.1, -0.05) is 13.3 Å². The molecule has 3 aliphatic rings. The van der Waals surface area contributed by atoms with Crippen LogP contribution in [0.15, 0.2) is 11.4 Å². The van der Waals surface area contributed by atoms with Crippen molar-refractivity contribution in [3.05, 3.63) is 11.4 Å². The van der Waals surface area contributed by atoms with E-state index in [-0.39, 0.29) is 36.1 Å². The second kappa shape index (κ2) is 12.1. The van der Waals surface area contributed by atoms with E-state index in [4.69, 9.17) is 20.9 Å². The summed E-state index contributed by atoms with van der Waals surface area (Å²) >= 11 is 0. The summed E-state index contributed by atoms with van der Waals surface area (Å²) in [5.74, 6) is -1.80. The molecule has 0 bridgehead atoms. The Labute approximate surface area is 218 Å². The summed E-state index contributed by atoms with van der Waals surface area (Å²) in [5, 5.41) is 2.82. The number of nitrogens with one attached hydrogen (secondary N) is 1. The normalized spacial score (nSPS) is 23.4. The quantitative estimate of drug-likeness (QED) is 0.299. The van der Waals surface area contributed by atoms with Crippen LogP contribution in [0, 0.1) is 0 Å². The van der Waals surface area contributed by atoms with Crippen LogP contribution in [0.1, 0.15) is 66.2 Å². The first-order valence-electron chi connectivity index (χ1n) is 13.2. The molecule has 2 aliphatic heterocycles. The van der Waals surface area contributed by atoms with Gasteiger partial charge in [0, 0.05) is 31.7 Å². The van der Waals surface area contributed by atoms with Crippen molar-refractivity contribution in [2.75, 3.05) is 32.8 Å². The molecule has 0 atom stereocenters. The van der Waals surface area contributed by atoms with E-state index < -0.39 is 29.5 Å². The van der Waals surface area contributed by atoms with Gasteiger partial charge in [-0.3, -0.25) is 24.3 Å². The molecule has 0 unspecified atom stereocenters. The first kappa shape index (κ1) is 28.7. The number of amides is 5. The molecule has 0 aromatic rings. The summed E-state index contributed by atoms with van der Waals surface area (Å²) in [6, 6.07) is -0.466. The molecule has 3 rings (SSSR count). The van der Waals surface area contributed by atoms with E-state index >= 15 is 0 Å². The summed E-state index contributed by atoms with van der Waals surface area (Å²) in [4.78, 5) is 55.8. The lowest BCUT2D eigenvalue weighted by molar-refractivity contribution is -0.138. The highest BCUT2D eigenvalue weighted by molar-refractivity contribution is 6.29. The first-order chi connectivity index (χ1) is 17.4. The number of carbonyl (C=O) groups excluding carboxylic acids is 4. The van der Waals surface area contributed by atoms with E-state index in [9.17, 15) is 19.2 Å². The zero-order valence-electron chi connectivity index (χ0n) is 22.5. The number of barbiturate groups is 1. The topological polar surface area (TPSA) is 161 Å². The van der Waals surface area contributed by atoms with Gasteiger partial charge in [-0.15, -0.1) is 0 Å². The minimum absolute atomic E-state index is 0.212. The third-order valence-electron chi connectivity index (χ3n) is 6.98. The van der Waals surface area contributed by atoms with Crippen LogP contribution in [0.3, 0.4) is 0 Å². The molecule has 3 fully saturated rings. The van der Waals surface area contributed by atoms with Crippen LogP contribution < -0.4 is 16.8 Å². The lowest BCUT2D eigenvalue weighted by atomic mass is 9.87. The lowest BCUT2D eigenvalue weighted by Crippen LogP contribution is -2.62. The molecule has 0 radical (unpaired) electrons. The maximum atomic E-state index is 13.2. The second-order valence-corrected chi connectivity index (χ2v) is 10.9. The number of nitrogens with zero attached hydrogens (tertiary/aromatic N) is 3. The van der Waals surface area contributed by atoms with Gasteiger partial charge in [-0.25, -0.2) is 9.59 Å². The smallest absolute Gasteiger partial charge is 0.407 e. The number of alkyl carbamates (subject to hydrolysis) is 1. The predicted molar refractivity (Wildman–Crippen MR) is 136 cm³/mol. The van der Waals surface area contributed by atoms with Gasteiger partial charge >= 0.3 is 12.1 Å². The molecule has 5 amide bonds. The molecule has 2 saturated heterocycles. The number of hydrogen-bond acceptors (Lipinski definition) is 9. The average Bonchev–Trinajstić information content (AvgIpc) is 2.76. The van der Waals surface area contributed by atoms with Gasteiger partial charge in [0.25, 0.3) is 11.8 Å². The van der Waals surface area contributed by atoms with Crippen molar-refractivity contribution in [1.82, 2.24) is 20.0 Å². The van der Waals surface area contributed by atoms with E-state index in [0.717, 1.165) is 24.2 Å². The molecule has 37 heavy (non-hydrogen) atoms. The lowest BCUT2D eigenvalue weighted by Gasteiger charge is -2.46. The highest BCUT2D eigenvalue weighted by Gasteiger charge is 2.47. The van der Waals surface area contributed by atoms with Gasteiger partial charge < -0.3 is 26.3 Å². The van der Waals surface area contributed by atoms with Crippen LogP contribution in [-0.4, -0.2) is 95.2 Å². The minimum atomic E-state index is -0.720. The van der Waals surface area contributed by atoms with Crippen molar-refractivity contribution < 1.29 is 28.7 Å². The molecule has 12 heteroatoms. The maximum Gasteiger partial charge on any atom is 0.407 e. The van der Waals surface area contributed by atoms with Crippen LogP contribution in [0.25, 0.3) is 0 Å². The second-order valence-electron chi connectivity index (χ2n) is 10.9. The monoisotopic (exact) mass is 522 g/mol. The van der Waals surface area contributed by atoms with Crippen molar-refractivity contribution in [3.8, 4) is 0 Å². The minimum Gasteiger partial charge on any atom is -0.444 e. The van der Waals surface area contributed by atoms with Gasteiger partial charge in [0.15, 0.2) is 0 Å².